The SMILES string of the molecule is CC(C(=O)O)n1nccc1C(=O)NC1CCCCC1. The molecule has 19 heavy (non-hydrogen) atoms. The van der Waals surface area contributed by atoms with Crippen LogP contribution in [0.1, 0.15) is 55.6 Å². The predicted molar refractivity (Wildman–Crippen MR) is 68.9 cm³/mol. The van der Waals surface area contributed by atoms with E-state index in [4.69, 9.17) is 5.11 Å². The number of carboxylic acids is 1. The summed E-state index contributed by atoms with van der Waals surface area (Å²) in [5.41, 5.74) is 0.306. The van der Waals surface area contributed by atoms with Crippen LogP contribution in [0.25, 0.3) is 0 Å². The summed E-state index contributed by atoms with van der Waals surface area (Å²) in [5, 5.41) is 15.9. The number of carboxylic acid groups (broad SMARTS) is 1. The van der Waals surface area contributed by atoms with E-state index in [0.717, 1.165) is 25.7 Å². The summed E-state index contributed by atoms with van der Waals surface area (Å²) in [6, 6.07) is 0.907. The van der Waals surface area contributed by atoms with E-state index in [9.17, 15) is 9.59 Å². The Balaban J connectivity index is 2.06. The smallest absolute Gasteiger partial charge is 0.328 e. The Morgan fingerprint density at radius 2 is 2.11 bits per heavy atom. The van der Waals surface area contributed by atoms with Crippen LogP contribution in [0.4, 0.5) is 0 Å². The lowest BCUT2D eigenvalue weighted by Crippen LogP contribution is -2.37. The van der Waals surface area contributed by atoms with E-state index in [-0.39, 0.29) is 11.9 Å². The van der Waals surface area contributed by atoms with Crippen molar-refractivity contribution in [1.29, 1.82) is 0 Å². The molecule has 1 atom stereocenters. The molecule has 1 aromatic rings. The van der Waals surface area contributed by atoms with Gasteiger partial charge in [-0.15, -0.1) is 0 Å². The predicted octanol–water partition coefficient (Wildman–Crippen LogP) is 1.59. The summed E-state index contributed by atoms with van der Waals surface area (Å²) < 4.78 is 1.25. The Labute approximate surface area is 111 Å². The van der Waals surface area contributed by atoms with Crippen LogP contribution in [-0.4, -0.2) is 32.8 Å². The van der Waals surface area contributed by atoms with Gasteiger partial charge in [0.1, 0.15) is 11.7 Å². The molecule has 2 N–H and O–H groups in total. The maximum atomic E-state index is 12.2. The number of carbonyl (C=O) groups excluding carboxylic acids is 1. The number of aliphatic carboxylic acids is 1. The van der Waals surface area contributed by atoms with Crippen molar-refractivity contribution in [2.45, 2.75) is 51.1 Å². The fraction of sp³-hybridized carbons (Fsp3) is 0.615. The number of nitrogens with zero attached hydrogens (tertiary/aromatic N) is 2. The van der Waals surface area contributed by atoms with Crippen molar-refractivity contribution >= 4 is 11.9 Å². The topological polar surface area (TPSA) is 84.2 Å². The van der Waals surface area contributed by atoms with Crippen LogP contribution in [0, 0.1) is 0 Å². The lowest BCUT2D eigenvalue weighted by molar-refractivity contribution is -0.140. The molecule has 6 nitrogen and oxygen atoms in total. The molecule has 104 valence electrons. The molecule has 6 heteroatoms. The quantitative estimate of drug-likeness (QED) is 0.865. The molecule has 1 aromatic heterocycles. The minimum absolute atomic E-state index is 0.199. The van der Waals surface area contributed by atoms with Crippen LogP contribution in [-0.2, 0) is 4.79 Å². The summed E-state index contributed by atoms with van der Waals surface area (Å²) in [6.45, 7) is 1.51. The summed E-state index contributed by atoms with van der Waals surface area (Å²) in [4.78, 5) is 23.1. The number of rotatable bonds is 4. The number of nitrogens with one attached hydrogen (secondary N) is 1. The average molecular weight is 265 g/mol. The number of aromatic nitrogens is 2. The Hall–Kier alpha value is -1.85. The highest BCUT2D eigenvalue weighted by atomic mass is 16.4. The minimum Gasteiger partial charge on any atom is -0.480 e. The van der Waals surface area contributed by atoms with Gasteiger partial charge in [0, 0.05) is 12.2 Å². The largest absolute Gasteiger partial charge is 0.480 e. The molecule has 0 spiro atoms. The third-order valence-corrected chi connectivity index (χ3v) is 3.57. The van der Waals surface area contributed by atoms with Crippen LogP contribution < -0.4 is 5.32 Å². The lowest BCUT2D eigenvalue weighted by Gasteiger charge is -2.23. The molecular formula is C13H19N3O3. The fourth-order valence-electron chi connectivity index (χ4n) is 2.41. The monoisotopic (exact) mass is 265 g/mol. The van der Waals surface area contributed by atoms with Crippen molar-refractivity contribution < 1.29 is 14.7 Å². The first kappa shape index (κ1) is 13.6. The molecule has 0 bridgehead atoms. The van der Waals surface area contributed by atoms with Gasteiger partial charge in [-0.2, -0.15) is 5.10 Å². The van der Waals surface area contributed by atoms with Gasteiger partial charge in [-0.1, -0.05) is 19.3 Å². The van der Waals surface area contributed by atoms with Crippen LogP contribution in [0.2, 0.25) is 0 Å². The maximum Gasteiger partial charge on any atom is 0.328 e. The van der Waals surface area contributed by atoms with Gasteiger partial charge in [0.2, 0.25) is 0 Å². The first-order valence-electron chi connectivity index (χ1n) is 6.67. The molecule has 0 saturated heterocycles. The molecular weight excluding hydrogens is 246 g/mol. The Morgan fingerprint density at radius 3 is 2.74 bits per heavy atom. The van der Waals surface area contributed by atoms with Crippen LogP contribution in [0.5, 0.6) is 0 Å². The zero-order valence-electron chi connectivity index (χ0n) is 11.0. The van der Waals surface area contributed by atoms with Gasteiger partial charge in [-0.25, -0.2) is 9.48 Å². The van der Waals surface area contributed by atoms with Gasteiger partial charge >= 0.3 is 5.97 Å². The van der Waals surface area contributed by atoms with Crippen molar-refractivity contribution in [2.24, 2.45) is 0 Å². The maximum absolute atomic E-state index is 12.2. The van der Waals surface area contributed by atoms with Gasteiger partial charge in [-0.3, -0.25) is 4.79 Å². The fourth-order valence-corrected chi connectivity index (χ4v) is 2.41. The molecule has 1 heterocycles. The number of carbonyl (C=O) groups is 2. The van der Waals surface area contributed by atoms with Gasteiger partial charge in [0.25, 0.3) is 5.91 Å². The van der Waals surface area contributed by atoms with Crippen LogP contribution in [0.15, 0.2) is 12.3 Å². The molecule has 1 amide bonds. The molecule has 1 saturated carbocycles. The van der Waals surface area contributed by atoms with E-state index in [1.807, 2.05) is 0 Å². The molecule has 0 aliphatic heterocycles. The van der Waals surface area contributed by atoms with E-state index in [0.29, 0.717) is 5.69 Å². The highest BCUT2D eigenvalue weighted by Gasteiger charge is 2.23. The summed E-state index contributed by atoms with van der Waals surface area (Å²) in [7, 11) is 0. The highest BCUT2D eigenvalue weighted by molar-refractivity contribution is 5.93. The average Bonchev–Trinajstić information content (AvgIpc) is 2.88. The molecule has 1 aliphatic rings. The second-order valence-corrected chi connectivity index (χ2v) is 4.98. The highest BCUT2D eigenvalue weighted by Crippen LogP contribution is 2.18. The molecule has 0 radical (unpaired) electrons. The van der Waals surface area contributed by atoms with Crippen LogP contribution in [0.3, 0.4) is 0 Å². The Morgan fingerprint density at radius 1 is 1.42 bits per heavy atom. The molecule has 1 aliphatic carbocycles. The number of hydrogen-bond acceptors (Lipinski definition) is 3. The van der Waals surface area contributed by atoms with Gasteiger partial charge in [0.15, 0.2) is 0 Å². The van der Waals surface area contributed by atoms with E-state index < -0.39 is 12.0 Å². The van der Waals surface area contributed by atoms with Gasteiger partial charge in [-0.05, 0) is 25.8 Å². The number of amides is 1. The second-order valence-electron chi connectivity index (χ2n) is 4.98. The first-order chi connectivity index (χ1) is 9.09. The van der Waals surface area contributed by atoms with E-state index in [1.54, 1.807) is 6.07 Å². The second kappa shape index (κ2) is 5.86. The van der Waals surface area contributed by atoms with Gasteiger partial charge in [0.05, 0.1) is 0 Å². The van der Waals surface area contributed by atoms with Crippen LogP contribution >= 0.6 is 0 Å². The zero-order chi connectivity index (χ0) is 13.8. The third kappa shape index (κ3) is 3.13. The van der Waals surface area contributed by atoms with E-state index >= 15 is 0 Å². The molecule has 2 rings (SSSR count). The minimum atomic E-state index is -1.00. The van der Waals surface area contributed by atoms with E-state index in [1.165, 1.54) is 24.2 Å². The standard InChI is InChI=1S/C13H19N3O3/c1-9(13(18)19)16-11(7-8-14-16)12(17)15-10-5-3-2-4-6-10/h7-10H,2-6H2,1H3,(H,15,17)(H,18,19). The normalized spacial score (nSPS) is 17.9. The van der Waals surface area contributed by atoms with Crippen molar-refractivity contribution in [3.05, 3.63) is 18.0 Å². The van der Waals surface area contributed by atoms with Crippen molar-refractivity contribution in [3.63, 3.8) is 0 Å². The van der Waals surface area contributed by atoms with Crippen molar-refractivity contribution in [2.75, 3.05) is 0 Å². The molecule has 0 aromatic carbocycles. The van der Waals surface area contributed by atoms with E-state index in [2.05, 4.69) is 10.4 Å². The molecule has 1 fully saturated rings. The Bertz CT molecular complexity index is 463. The Kier molecular flexibility index (Phi) is 4.19. The van der Waals surface area contributed by atoms with Gasteiger partial charge < -0.3 is 10.4 Å². The summed E-state index contributed by atoms with van der Waals surface area (Å²) in [5.74, 6) is -1.24. The number of hydrogen-bond donors (Lipinski definition) is 2. The van der Waals surface area contributed by atoms with Crippen molar-refractivity contribution in [1.82, 2.24) is 15.1 Å². The molecule has 1 unspecified atom stereocenters. The lowest BCUT2D eigenvalue weighted by atomic mass is 9.95. The third-order valence-electron chi connectivity index (χ3n) is 3.57. The summed E-state index contributed by atoms with van der Waals surface area (Å²) in [6.07, 6.45) is 6.93. The first-order valence-corrected chi connectivity index (χ1v) is 6.67. The summed E-state index contributed by atoms with van der Waals surface area (Å²) >= 11 is 0. The van der Waals surface area contributed by atoms with Crippen molar-refractivity contribution in [3.8, 4) is 0 Å². The zero-order valence-corrected chi connectivity index (χ0v) is 11.0.